The maximum absolute atomic E-state index is 11.5. The molecule has 0 aliphatic carbocycles. The molecule has 0 aliphatic heterocycles. The number of hydrogen-bond donors (Lipinski definition) is 0. The van der Waals surface area contributed by atoms with Crippen LogP contribution in [0.3, 0.4) is 0 Å². The van der Waals surface area contributed by atoms with Crippen molar-refractivity contribution in [2.24, 2.45) is 4.99 Å². The molecule has 0 saturated heterocycles. The van der Waals surface area contributed by atoms with Gasteiger partial charge >= 0.3 is 0 Å². The number of carbonyl (C=O) groups excluding carboxylic acids is 1. The normalized spacial score (nSPS) is 11.2. The van der Waals surface area contributed by atoms with Crippen LogP contribution in [0.5, 0.6) is 0 Å². The summed E-state index contributed by atoms with van der Waals surface area (Å²) in [4.78, 5) is 16.7. The van der Waals surface area contributed by atoms with Crippen molar-refractivity contribution in [2.45, 2.75) is 0 Å². The standard InChI is InChI=1S/C10H11ClN2O/c1-13(2)10(11)12-9(14)8-6-4-3-5-7-8/h3-7H,1-2H3. The minimum Gasteiger partial charge on any atom is -0.353 e. The fraction of sp³-hybridized carbons (Fsp3) is 0.200. The highest BCUT2D eigenvalue weighted by molar-refractivity contribution is 6.65. The maximum atomic E-state index is 11.5. The van der Waals surface area contributed by atoms with Crippen LogP contribution in [0, 0.1) is 0 Å². The Labute approximate surface area is 88.0 Å². The molecule has 0 bridgehead atoms. The summed E-state index contributed by atoms with van der Waals surface area (Å²) in [5.41, 5.74) is 0.535. The van der Waals surface area contributed by atoms with E-state index in [2.05, 4.69) is 4.99 Å². The first-order valence-electron chi connectivity index (χ1n) is 4.12. The molecule has 0 spiro atoms. The number of halogens is 1. The lowest BCUT2D eigenvalue weighted by molar-refractivity contribution is 0.100. The van der Waals surface area contributed by atoms with E-state index in [0.717, 1.165) is 0 Å². The number of aliphatic imine (C=N–C) groups is 1. The van der Waals surface area contributed by atoms with Crippen LogP contribution in [-0.4, -0.2) is 30.2 Å². The molecule has 74 valence electrons. The molecule has 0 radical (unpaired) electrons. The van der Waals surface area contributed by atoms with Gasteiger partial charge in [-0.3, -0.25) is 4.79 Å². The van der Waals surface area contributed by atoms with Gasteiger partial charge in [-0.25, -0.2) is 0 Å². The second-order valence-corrected chi connectivity index (χ2v) is 3.28. The first kappa shape index (κ1) is 10.7. The molecule has 1 amide bonds. The summed E-state index contributed by atoms with van der Waals surface area (Å²) < 4.78 is 0. The molecule has 0 aliphatic rings. The van der Waals surface area contributed by atoms with E-state index in [4.69, 9.17) is 11.6 Å². The Bertz CT molecular complexity index is 346. The third kappa shape index (κ3) is 2.85. The minimum atomic E-state index is -0.329. The fourth-order valence-corrected chi connectivity index (χ4v) is 0.906. The maximum Gasteiger partial charge on any atom is 0.279 e. The number of rotatable bonds is 1. The molecule has 14 heavy (non-hydrogen) atoms. The average molecular weight is 211 g/mol. The quantitative estimate of drug-likeness (QED) is 0.404. The van der Waals surface area contributed by atoms with Gasteiger partial charge in [0.25, 0.3) is 5.91 Å². The molecule has 0 aromatic heterocycles. The van der Waals surface area contributed by atoms with Crippen molar-refractivity contribution in [3.63, 3.8) is 0 Å². The predicted molar refractivity (Wildman–Crippen MR) is 57.7 cm³/mol. The number of nitrogens with zero attached hydrogens (tertiary/aromatic N) is 2. The van der Waals surface area contributed by atoms with Gasteiger partial charge in [0.15, 0.2) is 0 Å². The SMILES string of the molecule is CN(C)C(Cl)=NC(=O)c1ccccc1. The Hall–Kier alpha value is -1.35. The zero-order valence-corrected chi connectivity index (χ0v) is 8.82. The van der Waals surface area contributed by atoms with Crippen molar-refractivity contribution < 1.29 is 4.79 Å². The topological polar surface area (TPSA) is 32.7 Å². The van der Waals surface area contributed by atoms with Crippen molar-refractivity contribution in [1.29, 1.82) is 0 Å². The van der Waals surface area contributed by atoms with Crippen molar-refractivity contribution in [3.05, 3.63) is 35.9 Å². The van der Waals surface area contributed by atoms with Gasteiger partial charge in [-0.05, 0) is 23.7 Å². The molecule has 1 aromatic carbocycles. The molecule has 0 heterocycles. The van der Waals surface area contributed by atoms with Gasteiger partial charge in [0.05, 0.1) is 0 Å². The van der Waals surface area contributed by atoms with Crippen molar-refractivity contribution >= 4 is 22.8 Å². The van der Waals surface area contributed by atoms with E-state index in [0.29, 0.717) is 5.56 Å². The zero-order chi connectivity index (χ0) is 10.6. The molecule has 4 heteroatoms. The Morgan fingerprint density at radius 2 is 1.86 bits per heavy atom. The largest absolute Gasteiger partial charge is 0.353 e. The van der Waals surface area contributed by atoms with E-state index >= 15 is 0 Å². The summed E-state index contributed by atoms with van der Waals surface area (Å²) in [7, 11) is 3.45. The van der Waals surface area contributed by atoms with Gasteiger partial charge in [-0.2, -0.15) is 4.99 Å². The lowest BCUT2D eigenvalue weighted by Crippen LogP contribution is -2.17. The first-order chi connectivity index (χ1) is 6.61. The molecular formula is C10H11ClN2O. The third-order valence-corrected chi connectivity index (χ3v) is 2.01. The highest BCUT2D eigenvalue weighted by Gasteiger charge is 2.05. The van der Waals surface area contributed by atoms with Crippen molar-refractivity contribution in [1.82, 2.24) is 4.90 Å². The third-order valence-electron chi connectivity index (χ3n) is 1.58. The number of benzene rings is 1. The van der Waals surface area contributed by atoms with Gasteiger partial charge in [0, 0.05) is 19.7 Å². The molecule has 0 unspecified atom stereocenters. The predicted octanol–water partition coefficient (Wildman–Crippen LogP) is 1.98. The van der Waals surface area contributed by atoms with E-state index in [1.165, 1.54) is 0 Å². The number of amides is 1. The summed E-state index contributed by atoms with van der Waals surface area (Å²) in [5, 5.41) is 0.179. The van der Waals surface area contributed by atoms with Crippen molar-refractivity contribution in [3.8, 4) is 0 Å². The molecule has 1 aromatic rings. The van der Waals surface area contributed by atoms with Crippen molar-refractivity contribution in [2.75, 3.05) is 14.1 Å². The molecule has 0 fully saturated rings. The van der Waals surface area contributed by atoms with Gasteiger partial charge in [-0.1, -0.05) is 18.2 Å². The van der Waals surface area contributed by atoms with Crippen LogP contribution in [0.2, 0.25) is 0 Å². The summed E-state index contributed by atoms with van der Waals surface area (Å²) in [6.07, 6.45) is 0. The van der Waals surface area contributed by atoms with Gasteiger partial charge < -0.3 is 4.90 Å². The van der Waals surface area contributed by atoms with Gasteiger partial charge in [-0.15, -0.1) is 0 Å². The van der Waals surface area contributed by atoms with Crippen LogP contribution in [0.4, 0.5) is 0 Å². The van der Waals surface area contributed by atoms with Gasteiger partial charge in [0.2, 0.25) is 5.29 Å². The summed E-state index contributed by atoms with van der Waals surface area (Å²) in [6.45, 7) is 0. The molecule has 0 N–H and O–H groups in total. The van der Waals surface area contributed by atoms with Crippen LogP contribution in [0.15, 0.2) is 35.3 Å². The number of carbonyl (C=O) groups is 1. The summed E-state index contributed by atoms with van der Waals surface area (Å²) >= 11 is 5.72. The fourth-order valence-electron chi connectivity index (χ4n) is 0.829. The number of amidine groups is 1. The Morgan fingerprint density at radius 1 is 1.29 bits per heavy atom. The molecular weight excluding hydrogens is 200 g/mol. The second-order valence-electron chi connectivity index (χ2n) is 2.95. The summed E-state index contributed by atoms with van der Waals surface area (Å²) in [6, 6.07) is 8.81. The Balaban J connectivity index is 2.83. The van der Waals surface area contributed by atoms with E-state index in [9.17, 15) is 4.79 Å². The summed E-state index contributed by atoms with van der Waals surface area (Å²) in [5.74, 6) is -0.329. The Morgan fingerprint density at radius 3 is 2.36 bits per heavy atom. The molecule has 3 nitrogen and oxygen atoms in total. The van der Waals surface area contributed by atoms with Crippen LogP contribution in [0.25, 0.3) is 0 Å². The lowest BCUT2D eigenvalue weighted by Gasteiger charge is -2.07. The van der Waals surface area contributed by atoms with E-state index in [1.54, 1.807) is 43.3 Å². The average Bonchev–Trinajstić information content (AvgIpc) is 2.19. The van der Waals surface area contributed by atoms with Crippen LogP contribution in [-0.2, 0) is 0 Å². The monoisotopic (exact) mass is 210 g/mol. The Kier molecular flexibility index (Phi) is 3.65. The lowest BCUT2D eigenvalue weighted by atomic mass is 10.2. The smallest absolute Gasteiger partial charge is 0.279 e. The van der Waals surface area contributed by atoms with E-state index < -0.39 is 0 Å². The number of hydrogen-bond acceptors (Lipinski definition) is 1. The van der Waals surface area contributed by atoms with Gasteiger partial charge in [0.1, 0.15) is 0 Å². The highest BCUT2D eigenvalue weighted by Crippen LogP contribution is 2.02. The zero-order valence-electron chi connectivity index (χ0n) is 8.07. The second kappa shape index (κ2) is 4.77. The molecule has 0 saturated carbocycles. The molecule has 1 rings (SSSR count). The van der Waals surface area contributed by atoms with Crippen LogP contribution >= 0.6 is 11.6 Å². The molecule has 0 atom stereocenters. The van der Waals surface area contributed by atoms with Crippen LogP contribution < -0.4 is 0 Å². The first-order valence-corrected chi connectivity index (χ1v) is 4.50. The van der Waals surface area contributed by atoms with Crippen LogP contribution in [0.1, 0.15) is 10.4 Å². The minimum absolute atomic E-state index is 0.179. The van der Waals surface area contributed by atoms with E-state index in [1.807, 2.05) is 6.07 Å². The highest BCUT2D eigenvalue weighted by atomic mass is 35.5. The van der Waals surface area contributed by atoms with E-state index in [-0.39, 0.29) is 11.2 Å².